The number of aliphatic hydroxyl groups is 1. The van der Waals surface area contributed by atoms with E-state index in [0.717, 1.165) is 33.9 Å². The van der Waals surface area contributed by atoms with Gasteiger partial charge in [0.05, 0.1) is 13.0 Å². The Labute approximate surface area is 196 Å². The minimum absolute atomic E-state index is 0.240. The first-order chi connectivity index (χ1) is 16.2. The fourth-order valence-corrected chi connectivity index (χ4v) is 3.70. The van der Waals surface area contributed by atoms with Gasteiger partial charge in [0.2, 0.25) is 0 Å². The summed E-state index contributed by atoms with van der Waals surface area (Å²) in [5.41, 5.74) is 8.01. The molecule has 1 amide bonds. The van der Waals surface area contributed by atoms with Crippen LogP contribution in [0.4, 0.5) is 0 Å². The van der Waals surface area contributed by atoms with Crippen molar-refractivity contribution in [2.24, 2.45) is 10.8 Å². The van der Waals surface area contributed by atoms with Gasteiger partial charge in [0.15, 0.2) is 6.23 Å². The number of fused-ring (bicyclic) bond motifs is 4. The molecule has 4 rings (SSSR count). The number of nitrogens with two attached hydrogens (primary N) is 1. The topological polar surface area (TPSA) is 88.2 Å². The van der Waals surface area contributed by atoms with E-state index in [1.165, 1.54) is 7.05 Å². The van der Waals surface area contributed by atoms with Crippen LogP contribution < -0.4 is 10.5 Å². The number of nitrogens with zero attached hydrogens (tertiary/aromatic N) is 2. The van der Waals surface area contributed by atoms with Crippen molar-refractivity contribution in [3.8, 4) is 17.6 Å². The van der Waals surface area contributed by atoms with Gasteiger partial charge in [0.1, 0.15) is 5.75 Å². The van der Waals surface area contributed by atoms with Crippen molar-refractivity contribution in [1.29, 1.82) is 0 Å². The summed E-state index contributed by atoms with van der Waals surface area (Å²) in [5, 5.41) is 16.4. The van der Waals surface area contributed by atoms with Crippen LogP contribution in [0.25, 0.3) is 0 Å². The van der Waals surface area contributed by atoms with Gasteiger partial charge in [-0.2, -0.15) is 5.10 Å². The van der Waals surface area contributed by atoms with Crippen LogP contribution >= 0.6 is 0 Å². The Morgan fingerprint density at radius 2 is 1.85 bits per heavy atom. The quantitative estimate of drug-likeness (QED) is 0.679. The first kappa shape index (κ1) is 25.9. The van der Waals surface area contributed by atoms with E-state index in [-0.39, 0.29) is 18.2 Å². The van der Waals surface area contributed by atoms with Gasteiger partial charge in [-0.15, -0.1) is 0 Å². The van der Waals surface area contributed by atoms with E-state index < -0.39 is 6.23 Å². The van der Waals surface area contributed by atoms with E-state index >= 15 is 0 Å². The third kappa shape index (κ3) is 6.32. The molecule has 2 atom stereocenters. The van der Waals surface area contributed by atoms with Crippen LogP contribution in [0.2, 0.25) is 0 Å². The maximum absolute atomic E-state index is 13.0. The highest BCUT2D eigenvalue weighted by Crippen LogP contribution is 2.35. The lowest BCUT2D eigenvalue weighted by molar-refractivity contribution is 0.00326. The van der Waals surface area contributed by atoms with E-state index in [1.807, 2.05) is 32.0 Å². The summed E-state index contributed by atoms with van der Waals surface area (Å²) in [5.74, 6) is 6.64. The van der Waals surface area contributed by atoms with Crippen LogP contribution in [-0.4, -0.2) is 42.6 Å². The average Bonchev–Trinajstić information content (AvgIpc) is 2.87. The highest BCUT2D eigenvalue weighted by atomic mass is 16.5. The molecule has 33 heavy (non-hydrogen) atoms. The minimum Gasteiger partial charge on any atom is -0.496 e. The standard InChI is InChI=1S/C24H22N2O3.C2H6.CH5N/c1-29-21-9-5-8-18-12-10-17-11-13-20(23(18)21)16-22(27)26(25-15-14-17)24(28)19-6-3-2-4-7-19;2*1-2/h2-10,15,20,22,27H,12,14,16H2,1H3;1-2H3;2H2,1H3/b17-10+,25-15-;;. The number of rotatable bonds is 2. The molecule has 2 bridgehead atoms. The number of ether oxygens (including phenoxy) is 1. The summed E-state index contributed by atoms with van der Waals surface area (Å²) in [6.45, 7) is 4.00. The molecule has 2 aromatic carbocycles. The van der Waals surface area contributed by atoms with Crippen molar-refractivity contribution in [2.45, 2.75) is 45.3 Å². The summed E-state index contributed by atoms with van der Waals surface area (Å²) < 4.78 is 5.58. The first-order valence-corrected chi connectivity index (χ1v) is 11.2. The molecular formula is C27H33N3O3. The molecule has 6 heteroatoms. The second-order valence-corrected chi connectivity index (χ2v) is 7.02. The van der Waals surface area contributed by atoms with E-state index in [4.69, 9.17) is 4.74 Å². The molecule has 0 saturated carbocycles. The summed E-state index contributed by atoms with van der Waals surface area (Å²) >= 11 is 0. The van der Waals surface area contributed by atoms with Gasteiger partial charge in [-0.1, -0.05) is 62.1 Å². The molecule has 0 aromatic heterocycles. The van der Waals surface area contributed by atoms with Crippen LogP contribution in [0.3, 0.4) is 0 Å². The van der Waals surface area contributed by atoms with Crippen LogP contribution in [0.1, 0.15) is 54.1 Å². The van der Waals surface area contributed by atoms with Crippen molar-refractivity contribution in [3.63, 3.8) is 0 Å². The minimum atomic E-state index is -1.11. The third-order valence-electron chi connectivity index (χ3n) is 5.18. The van der Waals surface area contributed by atoms with Crippen molar-refractivity contribution < 1.29 is 14.6 Å². The molecule has 3 N–H and O–H groups in total. The molecule has 1 heterocycles. The molecule has 174 valence electrons. The number of carbonyl (C=O) groups excluding carboxylic acids is 1. The summed E-state index contributed by atoms with van der Waals surface area (Å²) in [4.78, 5) is 13.0. The zero-order valence-corrected chi connectivity index (χ0v) is 19.8. The molecule has 0 radical (unpaired) electrons. The normalized spacial score (nSPS) is 20.9. The molecule has 1 aliphatic heterocycles. The van der Waals surface area contributed by atoms with Crippen molar-refractivity contribution in [2.75, 3.05) is 14.2 Å². The van der Waals surface area contributed by atoms with E-state index in [2.05, 4.69) is 34.8 Å². The van der Waals surface area contributed by atoms with Gasteiger partial charge in [-0.3, -0.25) is 4.79 Å². The smallest absolute Gasteiger partial charge is 0.276 e. The fourth-order valence-electron chi connectivity index (χ4n) is 3.70. The van der Waals surface area contributed by atoms with Gasteiger partial charge < -0.3 is 15.6 Å². The van der Waals surface area contributed by atoms with Gasteiger partial charge in [0.25, 0.3) is 5.91 Å². The average molecular weight is 448 g/mol. The van der Waals surface area contributed by atoms with Crippen molar-refractivity contribution in [1.82, 2.24) is 5.01 Å². The predicted molar refractivity (Wildman–Crippen MR) is 133 cm³/mol. The lowest BCUT2D eigenvalue weighted by atomic mass is 9.87. The molecule has 2 aliphatic rings. The highest BCUT2D eigenvalue weighted by Gasteiger charge is 2.29. The number of allylic oxidation sites excluding steroid dienone is 2. The zero-order valence-electron chi connectivity index (χ0n) is 19.8. The monoisotopic (exact) mass is 447 g/mol. The number of methoxy groups -OCH3 is 1. The second-order valence-electron chi connectivity index (χ2n) is 7.02. The fraction of sp³-hybridized carbons (Fsp3) is 0.333. The number of hydrogen-bond donors (Lipinski definition) is 2. The van der Waals surface area contributed by atoms with E-state index in [9.17, 15) is 9.90 Å². The van der Waals surface area contributed by atoms with Crippen molar-refractivity contribution >= 4 is 12.1 Å². The van der Waals surface area contributed by atoms with Crippen molar-refractivity contribution in [3.05, 3.63) is 76.9 Å². The maximum atomic E-state index is 13.0. The number of hydrazone groups is 1. The lowest BCUT2D eigenvalue weighted by Gasteiger charge is -2.28. The lowest BCUT2D eigenvalue weighted by Crippen LogP contribution is -2.37. The van der Waals surface area contributed by atoms with Crippen LogP contribution in [0.15, 0.2) is 65.3 Å². The zero-order chi connectivity index (χ0) is 24.2. The van der Waals surface area contributed by atoms with E-state index in [0.29, 0.717) is 12.0 Å². The van der Waals surface area contributed by atoms with Gasteiger partial charge in [0, 0.05) is 35.8 Å². The number of aliphatic hydroxyl groups excluding tert-OH is 1. The Hall–Kier alpha value is -3.40. The Balaban J connectivity index is 0.000000914. The first-order valence-electron chi connectivity index (χ1n) is 11.2. The largest absolute Gasteiger partial charge is 0.496 e. The summed E-state index contributed by atoms with van der Waals surface area (Å²) in [7, 11) is 3.13. The molecule has 0 spiro atoms. The Kier molecular flexibility index (Phi) is 10.4. The highest BCUT2D eigenvalue weighted by molar-refractivity contribution is 5.94. The SMILES string of the molecule is CC.CN.COc1cccc2c1C1C#C/C(=C\C2)C/C=N\N(C(=O)c2ccccc2)C(O)C1. The molecule has 2 unspecified atom stereocenters. The third-order valence-corrected chi connectivity index (χ3v) is 5.18. The number of hydrogen-bond acceptors (Lipinski definition) is 5. The number of benzene rings is 2. The number of carbonyl (C=O) groups is 1. The summed E-state index contributed by atoms with van der Waals surface area (Å²) in [6.07, 6.45) is 4.10. The summed E-state index contributed by atoms with van der Waals surface area (Å²) in [6, 6.07) is 14.8. The van der Waals surface area contributed by atoms with Gasteiger partial charge in [-0.05, 0) is 37.2 Å². The van der Waals surface area contributed by atoms with Crippen LogP contribution in [-0.2, 0) is 6.42 Å². The molecule has 0 saturated heterocycles. The Morgan fingerprint density at radius 3 is 2.55 bits per heavy atom. The van der Waals surface area contributed by atoms with E-state index in [1.54, 1.807) is 37.6 Å². The Bertz CT molecular complexity index is 1040. The molecule has 1 aliphatic carbocycles. The predicted octanol–water partition coefficient (Wildman–Crippen LogP) is 4.11. The maximum Gasteiger partial charge on any atom is 0.276 e. The molecule has 6 nitrogen and oxygen atoms in total. The van der Waals surface area contributed by atoms with Crippen LogP contribution in [0, 0.1) is 11.8 Å². The molecule has 2 aromatic rings. The van der Waals surface area contributed by atoms with Crippen LogP contribution in [0.5, 0.6) is 5.75 Å². The Morgan fingerprint density at radius 1 is 1.12 bits per heavy atom. The second kappa shape index (κ2) is 13.2. The van der Waals surface area contributed by atoms with Gasteiger partial charge >= 0.3 is 0 Å². The molecule has 0 fully saturated rings. The van der Waals surface area contributed by atoms with Gasteiger partial charge in [-0.25, -0.2) is 5.01 Å². The number of amides is 1. The molecular weight excluding hydrogens is 414 g/mol.